The number of thiocarbonyl (C=S) groups is 1. The van der Waals surface area contributed by atoms with Crippen LogP contribution in [0.1, 0.15) is 18.5 Å². The van der Waals surface area contributed by atoms with Crippen molar-refractivity contribution >= 4 is 28.1 Å². The predicted molar refractivity (Wildman–Crippen MR) is 111 cm³/mol. The van der Waals surface area contributed by atoms with E-state index in [0.29, 0.717) is 6.54 Å². The van der Waals surface area contributed by atoms with Gasteiger partial charge in [0.1, 0.15) is 4.99 Å². The number of nitrogens with one attached hydrogen (secondary N) is 1. The predicted octanol–water partition coefficient (Wildman–Crippen LogP) is 2.74. The van der Waals surface area contributed by atoms with Crippen LogP contribution in [0, 0.1) is 5.92 Å². The summed E-state index contributed by atoms with van der Waals surface area (Å²) < 4.78 is 11.7. The van der Waals surface area contributed by atoms with Crippen molar-refractivity contribution < 1.29 is 9.47 Å². The molecule has 1 aromatic carbocycles. The number of morpholine rings is 1. The normalized spacial score (nSPS) is 20.3. The number of methoxy groups -OCH3 is 1. The molecular formula is C21H27N3O2S. The molecule has 144 valence electrons. The minimum Gasteiger partial charge on any atom is -0.379 e. The third-order valence-electron chi connectivity index (χ3n) is 5.53. The number of rotatable bonds is 7. The first-order chi connectivity index (χ1) is 13.2. The first kappa shape index (κ1) is 18.7. The molecule has 27 heavy (non-hydrogen) atoms. The fraction of sp³-hybridized carbons (Fsp3) is 0.524. The Morgan fingerprint density at radius 2 is 2.04 bits per heavy atom. The maximum Gasteiger partial charge on any atom is 0.172 e. The van der Waals surface area contributed by atoms with E-state index in [4.69, 9.17) is 26.7 Å². The Kier molecular flexibility index (Phi) is 5.68. The van der Waals surface area contributed by atoms with Gasteiger partial charge in [-0.25, -0.2) is 4.98 Å². The largest absolute Gasteiger partial charge is 0.379 e. The molecule has 0 amide bonds. The van der Waals surface area contributed by atoms with Gasteiger partial charge in [0.15, 0.2) is 5.60 Å². The maximum absolute atomic E-state index is 6.14. The van der Waals surface area contributed by atoms with E-state index in [1.165, 1.54) is 12.8 Å². The Morgan fingerprint density at radius 1 is 1.26 bits per heavy atom. The number of pyridine rings is 1. The maximum atomic E-state index is 6.14. The number of nitrogens with zero attached hydrogens (tertiary/aromatic N) is 2. The first-order valence-corrected chi connectivity index (χ1v) is 10.1. The molecule has 2 heterocycles. The van der Waals surface area contributed by atoms with Gasteiger partial charge in [0.05, 0.1) is 24.4 Å². The molecule has 1 aliphatic carbocycles. The lowest BCUT2D eigenvalue weighted by atomic mass is 9.95. The minimum absolute atomic E-state index is 0.675. The van der Waals surface area contributed by atoms with E-state index in [0.717, 1.165) is 60.4 Å². The zero-order valence-electron chi connectivity index (χ0n) is 15.8. The molecular weight excluding hydrogens is 358 g/mol. The number of aromatic nitrogens is 1. The quantitative estimate of drug-likeness (QED) is 0.740. The van der Waals surface area contributed by atoms with Crippen LogP contribution in [0.3, 0.4) is 0 Å². The molecule has 0 bridgehead atoms. The highest BCUT2D eigenvalue weighted by molar-refractivity contribution is 7.80. The van der Waals surface area contributed by atoms with Gasteiger partial charge in [-0.3, -0.25) is 4.90 Å². The van der Waals surface area contributed by atoms with Crippen molar-refractivity contribution in [3.8, 4) is 0 Å². The number of para-hydroxylation sites is 1. The molecule has 1 saturated carbocycles. The monoisotopic (exact) mass is 385 g/mol. The van der Waals surface area contributed by atoms with E-state index in [1.54, 1.807) is 7.11 Å². The van der Waals surface area contributed by atoms with Crippen LogP contribution in [0.4, 0.5) is 0 Å². The van der Waals surface area contributed by atoms with Gasteiger partial charge < -0.3 is 14.8 Å². The molecule has 1 unspecified atom stereocenters. The van der Waals surface area contributed by atoms with Crippen LogP contribution in [0.15, 0.2) is 36.4 Å². The van der Waals surface area contributed by atoms with E-state index >= 15 is 0 Å². The lowest BCUT2D eigenvalue weighted by Gasteiger charge is -2.39. The van der Waals surface area contributed by atoms with Crippen molar-refractivity contribution in [3.63, 3.8) is 0 Å². The summed E-state index contributed by atoms with van der Waals surface area (Å²) in [5.74, 6) is 0.741. The summed E-state index contributed by atoms with van der Waals surface area (Å²) in [6.45, 7) is 4.84. The van der Waals surface area contributed by atoms with Gasteiger partial charge in [-0.05, 0) is 30.9 Å². The molecule has 2 aromatic rings. The topological polar surface area (TPSA) is 46.6 Å². The van der Waals surface area contributed by atoms with Crippen molar-refractivity contribution in [3.05, 3.63) is 42.1 Å². The summed E-state index contributed by atoms with van der Waals surface area (Å²) >= 11 is 5.87. The Labute approximate surface area is 166 Å². The van der Waals surface area contributed by atoms with Crippen molar-refractivity contribution in [2.45, 2.75) is 18.4 Å². The van der Waals surface area contributed by atoms with Crippen molar-refractivity contribution in [2.75, 3.05) is 46.5 Å². The molecule has 1 atom stereocenters. The molecule has 0 spiro atoms. The van der Waals surface area contributed by atoms with Crippen LogP contribution in [0.5, 0.6) is 0 Å². The minimum atomic E-state index is -0.758. The third-order valence-corrected chi connectivity index (χ3v) is 6.00. The van der Waals surface area contributed by atoms with Gasteiger partial charge in [-0.15, -0.1) is 0 Å². The molecule has 0 radical (unpaired) electrons. The van der Waals surface area contributed by atoms with E-state index in [9.17, 15) is 0 Å². The Bertz CT molecular complexity index is 805. The summed E-state index contributed by atoms with van der Waals surface area (Å²) in [5, 5.41) is 4.60. The van der Waals surface area contributed by atoms with E-state index in [1.807, 2.05) is 18.2 Å². The molecule has 1 N–H and O–H groups in total. The third kappa shape index (κ3) is 4.14. The average molecular weight is 386 g/mol. The number of fused-ring (bicyclic) bond motifs is 1. The van der Waals surface area contributed by atoms with E-state index in [2.05, 4.69) is 28.4 Å². The fourth-order valence-electron chi connectivity index (χ4n) is 3.60. The second-order valence-corrected chi connectivity index (χ2v) is 7.87. The van der Waals surface area contributed by atoms with Crippen molar-refractivity contribution in [2.24, 2.45) is 5.92 Å². The molecule has 6 heteroatoms. The van der Waals surface area contributed by atoms with Crippen LogP contribution >= 0.6 is 12.2 Å². The lowest BCUT2D eigenvalue weighted by molar-refractivity contribution is -0.0253. The van der Waals surface area contributed by atoms with Crippen molar-refractivity contribution in [1.82, 2.24) is 15.2 Å². The fourth-order valence-corrected chi connectivity index (χ4v) is 3.93. The van der Waals surface area contributed by atoms with E-state index < -0.39 is 5.60 Å². The molecule has 2 fully saturated rings. The first-order valence-electron chi connectivity index (χ1n) is 9.71. The highest BCUT2D eigenvalue weighted by atomic mass is 32.1. The molecule has 1 aliphatic heterocycles. The molecule has 4 rings (SSSR count). The summed E-state index contributed by atoms with van der Waals surface area (Å²) in [7, 11) is 1.74. The van der Waals surface area contributed by atoms with Gasteiger partial charge >= 0.3 is 0 Å². The van der Waals surface area contributed by atoms with Gasteiger partial charge in [0.25, 0.3) is 0 Å². The summed E-state index contributed by atoms with van der Waals surface area (Å²) in [5.41, 5.74) is 1.07. The van der Waals surface area contributed by atoms with Crippen molar-refractivity contribution in [1.29, 1.82) is 0 Å². The zero-order chi connectivity index (χ0) is 18.7. The summed E-state index contributed by atoms with van der Waals surface area (Å²) in [4.78, 5) is 8.02. The molecule has 1 saturated heterocycles. The van der Waals surface area contributed by atoms with Crippen LogP contribution in [-0.4, -0.2) is 61.4 Å². The Morgan fingerprint density at radius 3 is 2.78 bits per heavy atom. The van der Waals surface area contributed by atoms with Gasteiger partial charge in [-0.1, -0.05) is 36.5 Å². The van der Waals surface area contributed by atoms with Gasteiger partial charge in [-0.2, -0.15) is 0 Å². The Hall–Kier alpha value is -1.60. The SMILES string of the molecule is COC(CN1CCOCC1)(C(=S)NCC1CC1)c1ccc2ccccc2n1. The standard InChI is InChI=1S/C21H27N3O2S/c1-25-21(15-24-10-12-26-13-11-24,20(27)22-14-16-6-7-16)19-9-8-17-4-2-3-5-18(17)23-19/h2-5,8-9,16H,6-7,10-15H2,1H3,(H,22,27). The summed E-state index contributed by atoms with van der Waals surface area (Å²) in [6, 6.07) is 12.3. The van der Waals surface area contributed by atoms with E-state index in [-0.39, 0.29) is 0 Å². The average Bonchev–Trinajstić information content (AvgIpc) is 3.55. The van der Waals surface area contributed by atoms with Gasteiger partial charge in [0, 0.05) is 38.7 Å². The van der Waals surface area contributed by atoms with Crippen LogP contribution in [0.2, 0.25) is 0 Å². The molecule has 5 nitrogen and oxygen atoms in total. The second-order valence-electron chi connectivity index (χ2n) is 7.46. The smallest absolute Gasteiger partial charge is 0.172 e. The van der Waals surface area contributed by atoms with Crippen LogP contribution in [-0.2, 0) is 15.1 Å². The van der Waals surface area contributed by atoms with Crippen LogP contribution < -0.4 is 5.32 Å². The molecule has 1 aromatic heterocycles. The highest BCUT2D eigenvalue weighted by Gasteiger charge is 2.41. The number of ether oxygens (including phenoxy) is 2. The molecule has 2 aliphatic rings. The van der Waals surface area contributed by atoms with Crippen LogP contribution in [0.25, 0.3) is 10.9 Å². The Balaban J connectivity index is 1.68. The second kappa shape index (κ2) is 8.19. The lowest BCUT2D eigenvalue weighted by Crippen LogP contribution is -2.54. The van der Waals surface area contributed by atoms with Gasteiger partial charge in [0.2, 0.25) is 0 Å². The number of benzene rings is 1. The number of hydrogen-bond acceptors (Lipinski definition) is 5. The zero-order valence-corrected chi connectivity index (χ0v) is 16.6. The summed E-state index contributed by atoms with van der Waals surface area (Å²) in [6.07, 6.45) is 2.57. The highest BCUT2D eigenvalue weighted by Crippen LogP contribution is 2.31. The number of hydrogen-bond donors (Lipinski definition) is 1.